The summed E-state index contributed by atoms with van der Waals surface area (Å²) in [4.78, 5) is 23.2. The minimum atomic E-state index is -0.468. The molecule has 1 amide bonds. The molecule has 0 radical (unpaired) electrons. The fraction of sp³-hybridized carbons (Fsp3) is 0.350. The molecule has 0 bridgehead atoms. The van der Waals surface area contributed by atoms with Gasteiger partial charge in [-0.15, -0.1) is 0 Å². The van der Waals surface area contributed by atoms with Crippen LogP contribution in [0.1, 0.15) is 41.3 Å². The molecule has 0 aromatic heterocycles. The van der Waals surface area contributed by atoms with Crippen LogP contribution in [0.5, 0.6) is 5.75 Å². The lowest BCUT2D eigenvalue weighted by molar-refractivity contribution is -0.385. The highest BCUT2D eigenvalue weighted by atomic mass is 16.6. The normalized spacial score (nSPS) is 10.5. The lowest BCUT2D eigenvalue weighted by atomic mass is 10.1. The fourth-order valence-corrected chi connectivity index (χ4v) is 2.61. The van der Waals surface area contributed by atoms with Crippen molar-refractivity contribution in [3.05, 3.63) is 63.2 Å². The number of nitrogens with one attached hydrogen (secondary N) is 1. The largest absolute Gasteiger partial charge is 0.496 e. The summed E-state index contributed by atoms with van der Waals surface area (Å²) >= 11 is 0. The molecule has 0 saturated heterocycles. The number of nitro groups is 1. The third-order valence-corrected chi connectivity index (χ3v) is 4.19. The van der Waals surface area contributed by atoms with Crippen molar-refractivity contribution in [1.82, 2.24) is 0 Å². The van der Waals surface area contributed by atoms with E-state index in [1.165, 1.54) is 6.07 Å². The Kier molecular flexibility index (Phi) is 7.31. The zero-order valence-electron chi connectivity index (χ0n) is 15.8. The van der Waals surface area contributed by atoms with Crippen molar-refractivity contribution in [2.45, 2.75) is 33.3 Å². The van der Waals surface area contributed by atoms with Crippen LogP contribution in [0.4, 0.5) is 11.4 Å². The predicted octanol–water partition coefficient (Wildman–Crippen LogP) is 4.48. The van der Waals surface area contributed by atoms with Crippen LogP contribution in [0.25, 0.3) is 0 Å². The minimum absolute atomic E-state index is 0.0347. The summed E-state index contributed by atoms with van der Waals surface area (Å²) in [5, 5.41) is 13.8. The molecule has 0 heterocycles. The topological polar surface area (TPSA) is 90.7 Å². The van der Waals surface area contributed by atoms with E-state index in [2.05, 4.69) is 12.2 Å². The number of hydrogen-bond donors (Lipinski definition) is 1. The quantitative estimate of drug-likeness (QED) is 0.398. The molecule has 0 fully saturated rings. The van der Waals surface area contributed by atoms with E-state index in [1.807, 2.05) is 0 Å². The molecule has 2 aromatic rings. The summed E-state index contributed by atoms with van der Waals surface area (Å²) < 4.78 is 11.0. The van der Waals surface area contributed by atoms with E-state index >= 15 is 0 Å². The summed E-state index contributed by atoms with van der Waals surface area (Å²) in [6, 6.07) is 9.67. The SMILES string of the molecule is CCCCOCc1cc(C(=O)Nc2cccc([N+](=O)[O-])c2C)ccc1OC. The second kappa shape index (κ2) is 9.68. The van der Waals surface area contributed by atoms with Crippen LogP contribution in [0.15, 0.2) is 36.4 Å². The van der Waals surface area contributed by atoms with Crippen molar-refractivity contribution in [1.29, 1.82) is 0 Å². The van der Waals surface area contributed by atoms with Crippen LogP contribution >= 0.6 is 0 Å². The van der Waals surface area contributed by atoms with Crippen molar-refractivity contribution in [3.63, 3.8) is 0 Å². The molecule has 0 saturated carbocycles. The molecule has 27 heavy (non-hydrogen) atoms. The van der Waals surface area contributed by atoms with Crippen molar-refractivity contribution >= 4 is 17.3 Å². The van der Waals surface area contributed by atoms with Crippen LogP contribution in [0, 0.1) is 17.0 Å². The molecule has 0 spiro atoms. The number of anilines is 1. The van der Waals surface area contributed by atoms with Gasteiger partial charge >= 0.3 is 0 Å². The lowest BCUT2D eigenvalue weighted by Crippen LogP contribution is -2.14. The van der Waals surface area contributed by atoms with Gasteiger partial charge in [-0.25, -0.2) is 0 Å². The predicted molar refractivity (Wildman–Crippen MR) is 103 cm³/mol. The van der Waals surface area contributed by atoms with E-state index in [0.717, 1.165) is 18.4 Å². The zero-order valence-corrected chi connectivity index (χ0v) is 15.8. The van der Waals surface area contributed by atoms with Gasteiger partial charge in [-0.1, -0.05) is 19.4 Å². The second-order valence-electron chi connectivity index (χ2n) is 6.09. The highest BCUT2D eigenvalue weighted by molar-refractivity contribution is 6.05. The molecular formula is C20H24N2O5. The van der Waals surface area contributed by atoms with Gasteiger partial charge in [0, 0.05) is 23.8 Å². The van der Waals surface area contributed by atoms with Crippen molar-refractivity contribution < 1.29 is 19.2 Å². The number of nitro benzene ring substituents is 1. The van der Waals surface area contributed by atoms with E-state index < -0.39 is 4.92 Å². The van der Waals surface area contributed by atoms with Crippen LogP contribution in [-0.4, -0.2) is 24.5 Å². The molecule has 144 valence electrons. The number of carbonyl (C=O) groups is 1. The lowest BCUT2D eigenvalue weighted by Gasteiger charge is -2.12. The van der Waals surface area contributed by atoms with Crippen molar-refractivity contribution in [3.8, 4) is 5.75 Å². The van der Waals surface area contributed by atoms with Crippen LogP contribution in [0.3, 0.4) is 0 Å². The van der Waals surface area contributed by atoms with Gasteiger partial charge in [-0.3, -0.25) is 14.9 Å². The number of carbonyl (C=O) groups excluding carboxylic acids is 1. The maximum atomic E-state index is 12.6. The standard InChI is InChI=1S/C20H24N2O5/c1-4-5-11-27-13-16-12-15(9-10-19(16)26-3)20(23)21-17-7-6-8-18(14(17)2)22(24)25/h6-10,12H,4-5,11,13H2,1-3H3,(H,21,23). The summed E-state index contributed by atoms with van der Waals surface area (Å²) in [5.74, 6) is 0.297. The monoisotopic (exact) mass is 372 g/mol. The van der Waals surface area contributed by atoms with Gasteiger partial charge in [0.1, 0.15) is 5.75 Å². The van der Waals surface area contributed by atoms with Gasteiger partial charge in [0.2, 0.25) is 0 Å². The highest BCUT2D eigenvalue weighted by Crippen LogP contribution is 2.26. The number of unbranched alkanes of at least 4 members (excludes halogenated alkanes) is 1. The number of nitrogens with zero attached hydrogens (tertiary/aromatic N) is 1. The molecule has 2 rings (SSSR count). The molecule has 0 aliphatic heterocycles. The molecule has 0 unspecified atom stereocenters. The molecular weight excluding hydrogens is 348 g/mol. The molecule has 7 heteroatoms. The van der Waals surface area contributed by atoms with Crippen LogP contribution < -0.4 is 10.1 Å². The number of ether oxygens (including phenoxy) is 2. The van der Waals surface area contributed by atoms with E-state index in [9.17, 15) is 14.9 Å². The Morgan fingerprint density at radius 2 is 2.04 bits per heavy atom. The summed E-state index contributed by atoms with van der Waals surface area (Å²) in [7, 11) is 1.57. The third kappa shape index (κ3) is 5.27. The number of benzene rings is 2. The number of amides is 1. The van der Waals surface area contributed by atoms with Crippen LogP contribution in [0.2, 0.25) is 0 Å². The van der Waals surface area contributed by atoms with E-state index in [1.54, 1.807) is 44.4 Å². The Morgan fingerprint density at radius 1 is 1.26 bits per heavy atom. The molecule has 7 nitrogen and oxygen atoms in total. The fourth-order valence-electron chi connectivity index (χ4n) is 2.61. The van der Waals surface area contributed by atoms with Gasteiger partial charge in [-0.2, -0.15) is 0 Å². The van der Waals surface area contributed by atoms with Crippen molar-refractivity contribution in [2.75, 3.05) is 19.0 Å². The first kappa shape index (κ1) is 20.4. The first-order valence-electron chi connectivity index (χ1n) is 8.78. The highest BCUT2D eigenvalue weighted by Gasteiger charge is 2.16. The first-order chi connectivity index (χ1) is 13.0. The Bertz CT molecular complexity index is 820. The smallest absolute Gasteiger partial charge is 0.274 e. The van der Waals surface area contributed by atoms with E-state index in [0.29, 0.717) is 35.8 Å². The third-order valence-electron chi connectivity index (χ3n) is 4.19. The Hall–Kier alpha value is -2.93. The van der Waals surface area contributed by atoms with E-state index in [-0.39, 0.29) is 11.6 Å². The maximum absolute atomic E-state index is 12.6. The molecule has 1 N–H and O–H groups in total. The van der Waals surface area contributed by atoms with E-state index in [4.69, 9.17) is 9.47 Å². The first-order valence-corrected chi connectivity index (χ1v) is 8.78. The summed E-state index contributed by atoms with van der Waals surface area (Å²) in [6.07, 6.45) is 2.01. The molecule has 0 aliphatic carbocycles. The second-order valence-corrected chi connectivity index (χ2v) is 6.09. The molecule has 2 aromatic carbocycles. The van der Waals surface area contributed by atoms with Gasteiger partial charge < -0.3 is 14.8 Å². The zero-order chi connectivity index (χ0) is 19.8. The van der Waals surface area contributed by atoms with Gasteiger partial charge in [0.25, 0.3) is 11.6 Å². The number of methoxy groups -OCH3 is 1. The average molecular weight is 372 g/mol. The number of rotatable bonds is 9. The maximum Gasteiger partial charge on any atom is 0.274 e. The van der Waals surface area contributed by atoms with Gasteiger partial charge in [-0.05, 0) is 37.6 Å². The Morgan fingerprint density at radius 3 is 2.70 bits per heavy atom. The summed E-state index contributed by atoms with van der Waals surface area (Å²) in [5.41, 5.74) is 1.98. The minimum Gasteiger partial charge on any atom is -0.496 e. The van der Waals surface area contributed by atoms with Gasteiger partial charge in [0.15, 0.2) is 0 Å². The summed E-state index contributed by atoms with van der Waals surface area (Å²) in [6.45, 7) is 4.68. The average Bonchev–Trinajstić information content (AvgIpc) is 2.66. The van der Waals surface area contributed by atoms with Crippen LogP contribution in [-0.2, 0) is 11.3 Å². The molecule has 0 atom stereocenters. The Balaban J connectivity index is 2.19. The van der Waals surface area contributed by atoms with Gasteiger partial charge in [0.05, 0.1) is 29.9 Å². The molecule has 0 aliphatic rings. The Labute approximate surface area is 158 Å². The van der Waals surface area contributed by atoms with Crippen molar-refractivity contribution in [2.24, 2.45) is 0 Å². The number of hydrogen-bond acceptors (Lipinski definition) is 5.